The number of rotatable bonds is 0. The van der Waals surface area contributed by atoms with Crippen LogP contribution in [-0.2, 0) is 12.4 Å². The third-order valence-electron chi connectivity index (χ3n) is 2.32. The van der Waals surface area contributed by atoms with Crippen LogP contribution in [0.2, 0.25) is 10.0 Å². The predicted molar refractivity (Wildman–Crippen MR) is 72.9 cm³/mol. The molecule has 0 unspecified atom stereocenters. The molecule has 0 aliphatic heterocycles. The molecule has 2 aromatic rings. The van der Waals surface area contributed by atoms with E-state index >= 15 is 0 Å². The minimum Gasteiger partial charge on any atom is -0.166 e. The van der Waals surface area contributed by atoms with Gasteiger partial charge in [-0.05, 0) is 42.5 Å². The SMILES string of the molecule is FC(F)(F)c1ccc(Cl)cc1.FC(F)(F)c1cccc(Cl)c1. The van der Waals surface area contributed by atoms with Gasteiger partial charge in [0.25, 0.3) is 0 Å². The molecule has 2 rings (SSSR count). The minimum atomic E-state index is -4.30. The van der Waals surface area contributed by atoms with Crippen LogP contribution >= 0.6 is 23.2 Å². The molecule has 0 N–H and O–H groups in total. The quantitative estimate of drug-likeness (QED) is 0.457. The number of benzene rings is 2. The van der Waals surface area contributed by atoms with Gasteiger partial charge in [-0.25, -0.2) is 0 Å². The Morgan fingerprint density at radius 3 is 1.45 bits per heavy atom. The third-order valence-corrected chi connectivity index (χ3v) is 2.81. The second-order valence-corrected chi connectivity index (χ2v) is 4.89. The first-order chi connectivity index (χ1) is 10.00. The lowest BCUT2D eigenvalue weighted by Gasteiger charge is -2.05. The summed E-state index contributed by atoms with van der Waals surface area (Å²) in [5, 5.41) is 0.401. The molecule has 0 aliphatic carbocycles. The summed E-state index contributed by atoms with van der Waals surface area (Å²) in [7, 11) is 0. The molecule has 2 aromatic carbocycles. The lowest BCUT2D eigenvalue weighted by Crippen LogP contribution is -2.03. The minimum absolute atomic E-state index is 0.0971. The maximum atomic E-state index is 11.9. The molecule has 0 heterocycles. The summed E-state index contributed by atoms with van der Waals surface area (Å²) >= 11 is 10.7. The van der Waals surface area contributed by atoms with Crippen molar-refractivity contribution in [2.45, 2.75) is 12.4 Å². The molecule has 8 heteroatoms. The van der Waals surface area contributed by atoms with E-state index in [1.165, 1.54) is 24.3 Å². The van der Waals surface area contributed by atoms with Gasteiger partial charge in [-0.2, -0.15) is 26.3 Å². The molecule has 0 saturated heterocycles. The normalized spacial score (nSPS) is 11.6. The van der Waals surface area contributed by atoms with Gasteiger partial charge in [-0.15, -0.1) is 0 Å². The fourth-order valence-electron chi connectivity index (χ4n) is 1.30. The van der Waals surface area contributed by atoms with Gasteiger partial charge in [0.2, 0.25) is 0 Å². The molecule has 0 radical (unpaired) electrons. The molecule has 0 nitrogen and oxygen atoms in total. The largest absolute Gasteiger partial charge is 0.416 e. The highest BCUT2D eigenvalue weighted by Gasteiger charge is 2.30. The van der Waals surface area contributed by atoms with E-state index in [-0.39, 0.29) is 5.02 Å². The molecule has 0 spiro atoms. The summed E-state index contributed by atoms with van der Waals surface area (Å²) < 4.78 is 71.4. The van der Waals surface area contributed by atoms with Crippen molar-refractivity contribution in [1.82, 2.24) is 0 Å². The molecule has 0 amide bonds. The zero-order valence-electron chi connectivity index (χ0n) is 10.6. The summed E-state index contributed by atoms with van der Waals surface area (Å²) in [6, 6.07) is 8.86. The van der Waals surface area contributed by atoms with Gasteiger partial charge < -0.3 is 0 Å². The lowest BCUT2D eigenvalue weighted by atomic mass is 10.2. The van der Waals surface area contributed by atoms with Crippen LogP contribution in [-0.4, -0.2) is 0 Å². The van der Waals surface area contributed by atoms with Crippen molar-refractivity contribution in [2.75, 3.05) is 0 Å². The summed E-state index contributed by atoms with van der Waals surface area (Å²) in [6.45, 7) is 0. The maximum Gasteiger partial charge on any atom is 0.416 e. The van der Waals surface area contributed by atoms with Gasteiger partial charge >= 0.3 is 12.4 Å². The topological polar surface area (TPSA) is 0 Å². The third kappa shape index (κ3) is 6.15. The molecule has 0 aromatic heterocycles. The Bertz CT molecular complexity index is 602. The molecule has 0 aliphatic rings. The molecule has 22 heavy (non-hydrogen) atoms. The molecular weight excluding hydrogens is 353 g/mol. The molecule has 0 atom stereocenters. The van der Waals surface area contributed by atoms with E-state index in [0.717, 1.165) is 24.3 Å². The number of hydrogen-bond acceptors (Lipinski definition) is 0. The van der Waals surface area contributed by atoms with E-state index in [0.29, 0.717) is 5.02 Å². The fourth-order valence-corrected chi connectivity index (χ4v) is 1.62. The van der Waals surface area contributed by atoms with Crippen molar-refractivity contribution in [3.05, 3.63) is 69.7 Å². The van der Waals surface area contributed by atoms with Gasteiger partial charge in [-0.1, -0.05) is 29.3 Å². The first-order valence-corrected chi connectivity index (χ1v) is 6.41. The molecule has 0 bridgehead atoms. The Balaban J connectivity index is 0.000000220. The second kappa shape index (κ2) is 7.24. The van der Waals surface area contributed by atoms with E-state index in [9.17, 15) is 26.3 Å². The Morgan fingerprint density at radius 2 is 1.09 bits per heavy atom. The summed E-state index contributed by atoms with van der Waals surface area (Å²) in [5.41, 5.74) is -1.40. The average molecular weight is 361 g/mol. The van der Waals surface area contributed by atoms with Gasteiger partial charge in [-0.3, -0.25) is 0 Å². The van der Waals surface area contributed by atoms with Gasteiger partial charge in [0.05, 0.1) is 11.1 Å². The van der Waals surface area contributed by atoms with Crippen molar-refractivity contribution in [3.8, 4) is 0 Å². The molecular formula is C14H8Cl2F6. The standard InChI is InChI=1S/2C7H4ClF3/c8-6-3-1-5(2-4-6)7(9,10)11;8-6-3-1-2-5(4-6)7(9,10)11/h2*1-4H. The Hall–Kier alpha value is -1.40. The molecule has 120 valence electrons. The summed E-state index contributed by atoms with van der Waals surface area (Å²) in [5.74, 6) is 0. The van der Waals surface area contributed by atoms with Crippen LogP contribution in [0.1, 0.15) is 11.1 Å². The van der Waals surface area contributed by atoms with E-state index < -0.39 is 23.5 Å². The van der Waals surface area contributed by atoms with E-state index in [2.05, 4.69) is 0 Å². The Morgan fingerprint density at radius 1 is 0.591 bits per heavy atom. The van der Waals surface area contributed by atoms with Gasteiger partial charge in [0, 0.05) is 10.0 Å². The van der Waals surface area contributed by atoms with Crippen LogP contribution in [0.4, 0.5) is 26.3 Å². The second-order valence-electron chi connectivity index (χ2n) is 4.01. The van der Waals surface area contributed by atoms with Crippen molar-refractivity contribution in [2.24, 2.45) is 0 Å². The lowest BCUT2D eigenvalue weighted by molar-refractivity contribution is -0.138. The van der Waals surface area contributed by atoms with E-state index in [1.54, 1.807) is 0 Å². The zero-order chi connectivity index (χ0) is 17.0. The smallest absolute Gasteiger partial charge is 0.166 e. The van der Waals surface area contributed by atoms with Crippen molar-refractivity contribution in [3.63, 3.8) is 0 Å². The fraction of sp³-hybridized carbons (Fsp3) is 0.143. The average Bonchev–Trinajstić information content (AvgIpc) is 2.38. The highest BCUT2D eigenvalue weighted by Crippen LogP contribution is 2.30. The first kappa shape index (κ1) is 18.6. The molecule has 0 fully saturated rings. The van der Waals surface area contributed by atoms with Gasteiger partial charge in [0.1, 0.15) is 0 Å². The van der Waals surface area contributed by atoms with Crippen LogP contribution in [0.15, 0.2) is 48.5 Å². The van der Waals surface area contributed by atoms with Crippen LogP contribution in [0.25, 0.3) is 0 Å². The number of alkyl halides is 6. The van der Waals surface area contributed by atoms with Gasteiger partial charge in [0.15, 0.2) is 0 Å². The van der Waals surface area contributed by atoms with Crippen molar-refractivity contribution in [1.29, 1.82) is 0 Å². The number of halogens is 8. The van der Waals surface area contributed by atoms with E-state index in [4.69, 9.17) is 23.2 Å². The Kier molecular flexibility index (Phi) is 6.14. The zero-order valence-corrected chi connectivity index (χ0v) is 12.2. The van der Waals surface area contributed by atoms with Crippen LogP contribution < -0.4 is 0 Å². The monoisotopic (exact) mass is 360 g/mol. The number of hydrogen-bond donors (Lipinski definition) is 0. The Labute approximate surface area is 132 Å². The van der Waals surface area contributed by atoms with Crippen molar-refractivity contribution < 1.29 is 26.3 Å². The van der Waals surface area contributed by atoms with Crippen molar-refractivity contribution >= 4 is 23.2 Å². The summed E-state index contributed by atoms with van der Waals surface area (Å²) in [4.78, 5) is 0. The predicted octanol–water partition coefficient (Wildman–Crippen LogP) is 6.72. The highest BCUT2D eigenvalue weighted by atomic mass is 35.5. The first-order valence-electron chi connectivity index (χ1n) is 5.65. The van der Waals surface area contributed by atoms with Crippen LogP contribution in [0.3, 0.4) is 0 Å². The van der Waals surface area contributed by atoms with Crippen LogP contribution in [0, 0.1) is 0 Å². The highest BCUT2D eigenvalue weighted by molar-refractivity contribution is 6.30. The van der Waals surface area contributed by atoms with Crippen LogP contribution in [0.5, 0.6) is 0 Å². The molecule has 0 saturated carbocycles. The summed E-state index contributed by atoms with van der Waals surface area (Å²) in [6.07, 6.45) is -8.57. The van der Waals surface area contributed by atoms with E-state index in [1.807, 2.05) is 0 Å². The maximum absolute atomic E-state index is 11.9.